The van der Waals surface area contributed by atoms with E-state index in [0.717, 1.165) is 39.4 Å². The van der Waals surface area contributed by atoms with Crippen LogP contribution in [0.1, 0.15) is 24.2 Å². The van der Waals surface area contributed by atoms with Crippen LogP contribution in [-0.2, 0) is 0 Å². The molecular formula is C25H25N7O2. The number of aromatic nitrogens is 4. The zero-order chi connectivity index (χ0) is 24.0. The molecule has 4 heterocycles. The Kier molecular flexibility index (Phi) is 5.09. The largest absolute Gasteiger partial charge is 0.495 e. The standard InChI is InChI=1S/C25H25N7O2/c1-14-8-18-10-27-24(31-21(18)23(28-14)32-12-25(4,11-26)13-32)30-19-7-6-17(9-20(19)33-5)22-15(2)29-16(3)34-22/h6-10H,12-13H2,1-5H3,(H,27,30,31). The zero-order valence-electron chi connectivity index (χ0n) is 19.8. The van der Waals surface area contributed by atoms with Crippen LogP contribution in [0.3, 0.4) is 0 Å². The molecule has 5 rings (SSSR count). The molecule has 34 heavy (non-hydrogen) atoms. The molecule has 1 aromatic carbocycles. The number of benzene rings is 1. The van der Waals surface area contributed by atoms with E-state index in [4.69, 9.17) is 19.1 Å². The summed E-state index contributed by atoms with van der Waals surface area (Å²) < 4.78 is 11.4. The lowest BCUT2D eigenvalue weighted by Crippen LogP contribution is -2.54. The molecule has 0 atom stereocenters. The lowest BCUT2D eigenvalue weighted by atomic mass is 9.83. The van der Waals surface area contributed by atoms with E-state index < -0.39 is 0 Å². The topological polar surface area (TPSA) is 113 Å². The van der Waals surface area contributed by atoms with Crippen molar-refractivity contribution in [3.63, 3.8) is 0 Å². The number of hydrogen-bond donors (Lipinski definition) is 1. The first-order valence-electron chi connectivity index (χ1n) is 11.0. The molecule has 0 amide bonds. The molecule has 1 N–H and O–H groups in total. The molecular weight excluding hydrogens is 430 g/mol. The highest BCUT2D eigenvalue weighted by Gasteiger charge is 2.40. The third-order valence-corrected chi connectivity index (χ3v) is 5.94. The number of anilines is 3. The van der Waals surface area contributed by atoms with Crippen LogP contribution in [-0.4, -0.2) is 40.1 Å². The molecule has 1 saturated heterocycles. The van der Waals surface area contributed by atoms with Crippen molar-refractivity contribution in [1.82, 2.24) is 19.9 Å². The number of pyridine rings is 1. The van der Waals surface area contributed by atoms with Gasteiger partial charge in [-0.15, -0.1) is 0 Å². The Morgan fingerprint density at radius 3 is 2.62 bits per heavy atom. The minimum atomic E-state index is -0.360. The molecule has 9 nitrogen and oxygen atoms in total. The summed E-state index contributed by atoms with van der Waals surface area (Å²) in [5.41, 5.74) is 3.69. The predicted molar refractivity (Wildman–Crippen MR) is 129 cm³/mol. The monoisotopic (exact) mass is 455 g/mol. The Morgan fingerprint density at radius 2 is 1.94 bits per heavy atom. The van der Waals surface area contributed by atoms with E-state index in [2.05, 4.69) is 26.3 Å². The first-order chi connectivity index (χ1) is 16.3. The Balaban J connectivity index is 1.48. The summed E-state index contributed by atoms with van der Waals surface area (Å²) in [5.74, 6) is 3.17. The molecule has 9 heteroatoms. The second-order valence-electron chi connectivity index (χ2n) is 8.93. The molecule has 3 aromatic heterocycles. The van der Waals surface area contributed by atoms with Gasteiger partial charge in [0.2, 0.25) is 5.95 Å². The van der Waals surface area contributed by atoms with Crippen LogP contribution >= 0.6 is 0 Å². The summed E-state index contributed by atoms with van der Waals surface area (Å²) in [6.45, 7) is 8.89. The molecule has 172 valence electrons. The Morgan fingerprint density at radius 1 is 1.15 bits per heavy atom. The second-order valence-corrected chi connectivity index (χ2v) is 8.93. The molecule has 0 aliphatic carbocycles. The van der Waals surface area contributed by atoms with Crippen molar-refractivity contribution in [1.29, 1.82) is 5.26 Å². The van der Waals surface area contributed by atoms with Gasteiger partial charge in [-0.3, -0.25) is 0 Å². The third kappa shape index (κ3) is 3.77. The number of ether oxygens (including phenoxy) is 1. The number of nitrogens with one attached hydrogen (secondary N) is 1. The van der Waals surface area contributed by atoms with Crippen molar-refractivity contribution >= 4 is 28.4 Å². The summed E-state index contributed by atoms with van der Waals surface area (Å²) in [4.78, 5) is 20.4. The predicted octanol–water partition coefficient (Wildman–Crippen LogP) is 4.71. The lowest BCUT2D eigenvalue weighted by Gasteiger charge is -2.44. The van der Waals surface area contributed by atoms with Crippen LogP contribution in [0.4, 0.5) is 17.5 Å². The van der Waals surface area contributed by atoms with Gasteiger partial charge in [0.05, 0.1) is 30.0 Å². The summed E-state index contributed by atoms with van der Waals surface area (Å²) in [5, 5.41) is 13.6. The highest BCUT2D eigenvalue weighted by molar-refractivity contribution is 5.90. The quantitative estimate of drug-likeness (QED) is 0.457. The summed E-state index contributed by atoms with van der Waals surface area (Å²) >= 11 is 0. The number of nitriles is 1. The first-order valence-corrected chi connectivity index (χ1v) is 11.0. The number of aryl methyl sites for hydroxylation is 3. The maximum atomic E-state index is 9.39. The van der Waals surface area contributed by atoms with Gasteiger partial charge in [-0.2, -0.15) is 5.26 Å². The smallest absolute Gasteiger partial charge is 0.227 e. The molecule has 0 bridgehead atoms. The van der Waals surface area contributed by atoms with Crippen molar-refractivity contribution in [2.24, 2.45) is 5.41 Å². The van der Waals surface area contributed by atoms with Crippen LogP contribution in [0.2, 0.25) is 0 Å². The maximum Gasteiger partial charge on any atom is 0.227 e. The zero-order valence-corrected chi connectivity index (χ0v) is 19.8. The highest BCUT2D eigenvalue weighted by Crippen LogP contribution is 2.37. The van der Waals surface area contributed by atoms with Gasteiger partial charge in [0, 0.05) is 42.9 Å². The van der Waals surface area contributed by atoms with Crippen molar-refractivity contribution in [3.05, 3.63) is 47.7 Å². The highest BCUT2D eigenvalue weighted by atomic mass is 16.5. The van der Waals surface area contributed by atoms with Crippen molar-refractivity contribution < 1.29 is 9.15 Å². The fraction of sp³-hybridized carbons (Fsp3) is 0.320. The lowest BCUT2D eigenvalue weighted by molar-refractivity contribution is 0.335. The van der Waals surface area contributed by atoms with Crippen LogP contribution in [0.25, 0.3) is 22.2 Å². The molecule has 0 saturated carbocycles. The minimum absolute atomic E-state index is 0.360. The van der Waals surface area contributed by atoms with Crippen molar-refractivity contribution in [2.75, 3.05) is 30.4 Å². The molecule has 1 fully saturated rings. The third-order valence-electron chi connectivity index (χ3n) is 5.94. The van der Waals surface area contributed by atoms with Crippen molar-refractivity contribution in [2.45, 2.75) is 27.7 Å². The minimum Gasteiger partial charge on any atom is -0.495 e. The van der Waals surface area contributed by atoms with Gasteiger partial charge in [0.25, 0.3) is 0 Å². The van der Waals surface area contributed by atoms with Gasteiger partial charge in [0.1, 0.15) is 11.3 Å². The Bertz CT molecular complexity index is 1450. The van der Waals surface area contributed by atoms with E-state index in [1.54, 1.807) is 13.3 Å². The summed E-state index contributed by atoms with van der Waals surface area (Å²) in [7, 11) is 1.62. The number of hydrogen-bond acceptors (Lipinski definition) is 9. The second kappa shape index (κ2) is 7.99. The molecule has 0 unspecified atom stereocenters. The molecule has 1 aliphatic heterocycles. The van der Waals surface area contributed by atoms with Gasteiger partial charge in [-0.05, 0) is 45.0 Å². The van der Waals surface area contributed by atoms with Crippen LogP contribution in [0.15, 0.2) is 34.9 Å². The van der Waals surface area contributed by atoms with E-state index in [-0.39, 0.29) is 5.41 Å². The fourth-order valence-corrected chi connectivity index (χ4v) is 4.31. The van der Waals surface area contributed by atoms with Gasteiger partial charge in [-0.1, -0.05) is 0 Å². The van der Waals surface area contributed by atoms with E-state index in [1.807, 2.05) is 52.0 Å². The Labute approximate surface area is 197 Å². The van der Waals surface area contributed by atoms with E-state index in [1.165, 1.54) is 0 Å². The summed E-state index contributed by atoms with van der Waals surface area (Å²) in [6, 6.07) is 10.1. The fourth-order valence-electron chi connectivity index (χ4n) is 4.31. The SMILES string of the molecule is COc1cc(-c2oc(C)nc2C)ccc1Nc1ncc2cc(C)nc(N3CC(C)(C#N)C3)c2n1. The number of oxazole rings is 1. The number of fused-ring (bicyclic) bond motifs is 1. The Hall–Kier alpha value is -4.19. The van der Waals surface area contributed by atoms with Crippen LogP contribution in [0, 0.1) is 37.5 Å². The maximum absolute atomic E-state index is 9.39. The average Bonchev–Trinajstić information content (AvgIpc) is 3.14. The van der Waals surface area contributed by atoms with Gasteiger partial charge in [0.15, 0.2) is 17.5 Å². The van der Waals surface area contributed by atoms with Crippen molar-refractivity contribution in [3.8, 4) is 23.1 Å². The molecule has 0 spiro atoms. The molecule has 1 aliphatic rings. The van der Waals surface area contributed by atoms with Gasteiger partial charge < -0.3 is 19.4 Å². The van der Waals surface area contributed by atoms with E-state index in [0.29, 0.717) is 36.4 Å². The number of methoxy groups -OCH3 is 1. The van der Waals surface area contributed by atoms with Gasteiger partial charge >= 0.3 is 0 Å². The summed E-state index contributed by atoms with van der Waals surface area (Å²) in [6.07, 6.45) is 1.79. The normalized spacial score (nSPS) is 14.5. The van der Waals surface area contributed by atoms with E-state index in [9.17, 15) is 5.26 Å². The number of rotatable bonds is 5. The number of nitrogens with zero attached hydrogens (tertiary/aromatic N) is 6. The van der Waals surface area contributed by atoms with Gasteiger partial charge in [-0.25, -0.2) is 19.9 Å². The van der Waals surface area contributed by atoms with Crippen LogP contribution in [0.5, 0.6) is 5.75 Å². The first kappa shape index (κ1) is 21.6. The molecule has 0 radical (unpaired) electrons. The molecule has 4 aromatic rings. The van der Waals surface area contributed by atoms with E-state index >= 15 is 0 Å². The van der Waals surface area contributed by atoms with Crippen LogP contribution < -0.4 is 15.0 Å². The average molecular weight is 456 g/mol.